The Balaban J connectivity index is 1.58. The standard InChI is InChI=1S/C28H19N3O2/c1-30-23(18-10-4-2-5-11-18)17-24-28(30)29-25(31(24)19-12-6-3-7-13-19)16-22-26(32)20-14-8-9-15-21(20)27(22)33/h2-17H,1H3. The molecular weight excluding hydrogens is 410 g/mol. The van der Waals surface area contributed by atoms with E-state index < -0.39 is 0 Å². The number of allylic oxidation sites excluding steroid dienone is 1. The molecule has 0 unspecified atom stereocenters. The lowest BCUT2D eigenvalue weighted by Gasteiger charge is -2.07. The molecule has 0 atom stereocenters. The molecule has 0 aliphatic heterocycles. The maximum Gasteiger partial charge on any atom is 0.197 e. The quantitative estimate of drug-likeness (QED) is 0.281. The van der Waals surface area contributed by atoms with Gasteiger partial charge in [0.05, 0.1) is 16.8 Å². The molecule has 0 saturated heterocycles. The maximum atomic E-state index is 13.0. The summed E-state index contributed by atoms with van der Waals surface area (Å²) in [6.07, 6.45) is 1.62. The monoisotopic (exact) mass is 429 g/mol. The molecule has 5 aromatic rings. The number of rotatable bonds is 3. The Morgan fingerprint density at radius 1 is 0.758 bits per heavy atom. The molecule has 0 fully saturated rings. The third-order valence-corrected chi connectivity index (χ3v) is 6.14. The summed E-state index contributed by atoms with van der Waals surface area (Å²) in [4.78, 5) is 30.8. The van der Waals surface area contributed by atoms with Crippen molar-refractivity contribution in [2.24, 2.45) is 7.05 Å². The molecule has 0 bridgehead atoms. The van der Waals surface area contributed by atoms with E-state index in [0.717, 1.165) is 28.1 Å². The summed E-state index contributed by atoms with van der Waals surface area (Å²) in [6.45, 7) is 0. The Morgan fingerprint density at radius 2 is 1.33 bits per heavy atom. The van der Waals surface area contributed by atoms with Crippen molar-refractivity contribution in [3.63, 3.8) is 0 Å². The molecule has 0 N–H and O–H groups in total. The van der Waals surface area contributed by atoms with E-state index in [4.69, 9.17) is 4.98 Å². The number of benzene rings is 3. The van der Waals surface area contributed by atoms with E-state index in [2.05, 4.69) is 18.2 Å². The second kappa shape index (κ2) is 7.28. The summed E-state index contributed by atoms with van der Waals surface area (Å²) in [6, 6.07) is 29.0. The number of carbonyl (C=O) groups excluding carboxylic acids is 2. The van der Waals surface area contributed by atoms with Crippen LogP contribution in [0.1, 0.15) is 26.5 Å². The molecule has 0 amide bonds. The fourth-order valence-electron chi connectivity index (χ4n) is 4.52. The molecule has 1 aliphatic rings. The van der Waals surface area contributed by atoms with E-state index in [1.54, 1.807) is 30.3 Å². The number of imidazole rings is 1. The minimum atomic E-state index is -0.257. The minimum Gasteiger partial charge on any atom is -0.327 e. The van der Waals surface area contributed by atoms with Crippen molar-refractivity contribution >= 4 is 28.8 Å². The van der Waals surface area contributed by atoms with Gasteiger partial charge in [-0.3, -0.25) is 14.2 Å². The van der Waals surface area contributed by atoms with Crippen LogP contribution in [0.3, 0.4) is 0 Å². The van der Waals surface area contributed by atoms with Crippen LogP contribution in [0.5, 0.6) is 0 Å². The lowest BCUT2D eigenvalue weighted by atomic mass is 10.1. The van der Waals surface area contributed by atoms with E-state index in [1.165, 1.54) is 0 Å². The zero-order chi connectivity index (χ0) is 22.5. The minimum absolute atomic E-state index is 0.145. The Bertz CT molecular complexity index is 1550. The number of para-hydroxylation sites is 1. The van der Waals surface area contributed by atoms with E-state index >= 15 is 0 Å². The number of Topliss-reactive ketones (excluding diaryl/α,β-unsaturated/α-hetero) is 2. The Hall–Kier alpha value is -4.51. The first-order chi connectivity index (χ1) is 16.1. The number of aryl methyl sites for hydroxylation is 1. The summed E-state index contributed by atoms with van der Waals surface area (Å²) in [5.74, 6) is 0.0328. The SMILES string of the molecule is Cn1c(-c2ccccc2)cc2c1nc(C=C1C(=O)c3ccccc3C1=O)n2-c1ccccc1. The van der Waals surface area contributed by atoms with Crippen LogP contribution >= 0.6 is 0 Å². The number of carbonyl (C=O) groups is 2. The van der Waals surface area contributed by atoms with E-state index in [1.807, 2.05) is 64.7 Å². The number of nitrogens with zero attached hydrogens (tertiary/aromatic N) is 3. The fraction of sp³-hybridized carbons (Fsp3) is 0.0357. The molecule has 2 aromatic heterocycles. The van der Waals surface area contributed by atoms with Gasteiger partial charge in [0.2, 0.25) is 0 Å². The normalized spacial score (nSPS) is 13.1. The summed E-state index contributed by atoms with van der Waals surface area (Å²) in [7, 11) is 1.98. The summed E-state index contributed by atoms with van der Waals surface area (Å²) in [5, 5.41) is 0. The second-order valence-corrected chi connectivity index (χ2v) is 8.07. The molecule has 6 rings (SSSR count). The Morgan fingerprint density at radius 3 is 1.97 bits per heavy atom. The highest BCUT2D eigenvalue weighted by Crippen LogP contribution is 2.32. The summed E-state index contributed by atoms with van der Waals surface area (Å²) >= 11 is 0. The van der Waals surface area contributed by atoms with Gasteiger partial charge in [-0.05, 0) is 29.8 Å². The smallest absolute Gasteiger partial charge is 0.197 e. The fourth-order valence-corrected chi connectivity index (χ4v) is 4.52. The van der Waals surface area contributed by atoms with Crippen LogP contribution < -0.4 is 0 Å². The average Bonchev–Trinajstić information content (AvgIpc) is 3.46. The van der Waals surface area contributed by atoms with Gasteiger partial charge in [0, 0.05) is 23.9 Å². The van der Waals surface area contributed by atoms with Crippen LogP contribution in [0.4, 0.5) is 0 Å². The lowest BCUT2D eigenvalue weighted by Crippen LogP contribution is -2.03. The highest BCUT2D eigenvalue weighted by molar-refractivity contribution is 6.41. The van der Waals surface area contributed by atoms with Crippen LogP contribution in [0, 0.1) is 0 Å². The molecule has 0 spiro atoms. The van der Waals surface area contributed by atoms with Crippen LogP contribution in [-0.2, 0) is 7.05 Å². The zero-order valence-corrected chi connectivity index (χ0v) is 17.9. The predicted molar refractivity (Wildman–Crippen MR) is 129 cm³/mol. The van der Waals surface area contributed by atoms with E-state index in [-0.39, 0.29) is 17.1 Å². The van der Waals surface area contributed by atoms with Gasteiger partial charge in [-0.25, -0.2) is 4.98 Å². The van der Waals surface area contributed by atoms with Gasteiger partial charge < -0.3 is 4.57 Å². The van der Waals surface area contributed by atoms with Gasteiger partial charge in [-0.1, -0.05) is 72.8 Å². The Labute approximate surface area is 190 Å². The number of hydrogen-bond acceptors (Lipinski definition) is 3. The molecule has 0 radical (unpaired) electrons. The molecule has 158 valence electrons. The first kappa shape index (κ1) is 19.2. The highest BCUT2D eigenvalue weighted by atomic mass is 16.2. The van der Waals surface area contributed by atoms with Crippen LogP contribution in [0.15, 0.2) is 96.6 Å². The Kier molecular flexibility index (Phi) is 4.23. The largest absolute Gasteiger partial charge is 0.327 e. The molecule has 5 nitrogen and oxygen atoms in total. The van der Waals surface area contributed by atoms with Gasteiger partial charge >= 0.3 is 0 Å². The lowest BCUT2D eigenvalue weighted by molar-refractivity contribution is 0.0990. The van der Waals surface area contributed by atoms with Crippen molar-refractivity contribution in [1.82, 2.24) is 14.1 Å². The molecule has 5 heteroatoms. The number of aromatic nitrogens is 3. The van der Waals surface area contributed by atoms with Crippen molar-refractivity contribution in [1.29, 1.82) is 0 Å². The first-order valence-electron chi connectivity index (χ1n) is 10.7. The van der Waals surface area contributed by atoms with Crippen LogP contribution in [0.25, 0.3) is 34.2 Å². The average molecular weight is 429 g/mol. The molecule has 0 saturated carbocycles. The molecular formula is C28H19N3O2. The maximum absolute atomic E-state index is 13.0. The number of hydrogen-bond donors (Lipinski definition) is 0. The summed E-state index contributed by atoms with van der Waals surface area (Å²) in [5.41, 5.74) is 5.76. The van der Waals surface area contributed by atoms with Crippen molar-refractivity contribution in [2.45, 2.75) is 0 Å². The summed E-state index contributed by atoms with van der Waals surface area (Å²) < 4.78 is 4.04. The van der Waals surface area contributed by atoms with Crippen molar-refractivity contribution < 1.29 is 9.59 Å². The number of fused-ring (bicyclic) bond motifs is 2. The van der Waals surface area contributed by atoms with Crippen molar-refractivity contribution in [2.75, 3.05) is 0 Å². The molecule has 3 aromatic carbocycles. The van der Waals surface area contributed by atoms with Gasteiger partial charge in [0.25, 0.3) is 0 Å². The van der Waals surface area contributed by atoms with Gasteiger partial charge in [0.1, 0.15) is 5.82 Å². The third-order valence-electron chi connectivity index (χ3n) is 6.14. The highest BCUT2D eigenvalue weighted by Gasteiger charge is 2.33. The zero-order valence-electron chi connectivity index (χ0n) is 17.9. The molecule has 2 heterocycles. The van der Waals surface area contributed by atoms with Crippen molar-refractivity contribution in [3.8, 4) is 16.9 Å². The van der Waals surface area contributed by atoms with Gasteiger partial charge in [0.15, 0.2) is 17.2 Å². The first-order valence-corrected chi connectivity index (χ1v) is 10.7. The van der Waals surface area contributed by atoms with Gasteiger partial charge in [-0.2, -0.15) is 0 Å². The van der Waals surface area contributed by atoms with Crippen LogP contribution in [-0.4, -0.2) is 25.7 Å². The van der Waals surface area contributed by atoms with Crippen molar-refractivity contribution in [3.05, 3.63) is 114 Å². The topological polar surface area (TPSA) is 56.9 Å². The van der Waals surface area contributed by atoms with E-state index in [9.17, 15) is 9.59 Å². The molecule has 33 heavy (non-hydrogen) atoms. The van der Waals surface area contributed by atoms with E-state index in [0.29, 0.717) is 17.0 Å². The van der Waals surface area contributed by atoms with Crippen LogP contribution in [0.2, 0.25) is 0 Å². The van der Waals surface area contributed by atoms with Gasteiger partial charge in [-0.15, -0.1) is 0 Å². The third kappa shape index (κ3) is 2.90. The molecule has 1 aliphatic carbocycles. The second-order valence-electron chi connectivity index (χ2n) is 8.07. The number of ketones is 2. The predicted octanol–water partition coefficient (Wildman–Crippen LogP) is 5.49.